The lowest BCUT2D eigenvalue weighted by Crippen LogP contribution is -1.99. The molecule has 1 aromatic heterocycles. The van der Waals surface area contributed by atoms with Gasteiger partial charge in [-0.3, -0.25) is 0 Å². The lowest BCUT2D eigenvalue weighted by Gasteiger charge is -2.13. The van der Waals surface area contributed by atoms with Crippen molar-refractivity contribution in [3.8, 4) is 17.5 Å². The molecule has 0 aliphatic carbocycles. The number of benzene rings is 2. The van der Waals surface area contributed by atoms with Crippen LogP contribution in [0.25, 0.3) is 0 Å². The standard InChI is InChI=1S/C20H20N2O2/c1-2-7-16-10-11-18(24-20-21-12-6-13-22-20)19(14-16)23-15-17-8-4-3-5-9-17/h3-6,8-14H,2,7,15H2,1H3. The van der Waals surface area contributed by atoms with Crippen LogP contribution in [-0.2, 0) is 13.0 Å². The van der Waals surface area contributed by atoms with Crippen LogP contribution in [0.5, 0.6) is 17.5 Å². The van der Waals surface area contributed by atoms with Gasteiger partial charge in [-0.15, -0.1) is 0 Å². The summed E-state index contributed by atoms with van der Waals surface area (Å²) in [5.41, 5.74) is 2.34. The second-order valence-electron chi connectivity index (χ2n) is 5.44. The summed E-state index contributed by atoms with van der Waals surface area (Å²) in [4.78, 5) is 8.21. The first-order chi connectivity index (χ1) is 11.8. The lowest BCUT2D eigenvalue weighted by molar-refractivity contribution is 0.288. The Morgan fingerprint density at radius 3 is 2.38 bits per heavy atom. The molecule has 122 valence electrons. The summed E-state index contributed by atoms with van der Waals surface area (Å²) < 4.78 is 11.8. The first-order valence-corrected chi connectivity index (χ1v) is 8.09. The number of aryl methyl sites for hydroxylation is 1. The van der Waals surface area contributed by atoms with Crippen LogP contribution in [0.15, 0.2) is 67.0 Å². The summed E-state index contributed by atoms with van der Waals surface area (Å²) in [7, 11) is 0. The van der Waals surface area contributed by atoms with Gasteiger partial charge < -0.3 is 9.47 Å². The quantitative estimate of drug-likeness (QED) is 0.627. The third-order valence-electron chi connectivity index (χ3n) is 3.53. The second-order valence-corrected chi connectivity index (χ2v) is 5.44. The molecule has 0 aliphatic rings. The molecule has 3 rings (SSSR count). The third-order valence-corrected chi connectivity index (χ3v) is 3.53. The van der Waals surface area contributed by atoms with Crippen LogP contribution in [0, 0.1) is 0 Å². The fourth-order valence-corrected chi connectivity index (χ4v) is 2.37. The molecule has 0 aliphatic heterocycles. The van der Waals surface area contributed by atoms with E-state index in [0.717, 1.165) is 18.4 Å². The highest BCUT2D eigenvalue weighted by atomic mass is 16.5. The maximum absolute atomic E-state index is 6.00. The largest absolute Gasteiger partial charge is 0.485 e. The first-order valence-electron chi connectivity index (χ1n) is 8.09. The van der Waals surface area contributed by atoms with Crippen molar-refractivity contribution in [2.45, 2.75) is 26.4 Å². The molecule has 0 unspecified atom stereocenters. The molecule has 1 heterocycles. The van der Waals surface area contributed by atoms with E-state index >= 15 is 0 Å². The fraction of sp³-hybridized carbons (Fsp3) is 0.200. The Labute approximate surface area is 142 Å². The zero-order valence-corrected chi connectivity index (χ0v) is 13.7. The van der Waals surface area contributed by atoms with E-state index in [0.29, 0.717) is 24.1 Å². The van der Waals surface area contributed by atoms with Crippen molar-refractivity contribution < 1.29 is 9.47 Å². The van der Waals surface area contributed by atoms with E-state index in [1.807, 2.05) is 42.5 Å². The van der Waals surface area contributed by atoms with Gasteiger partial charge in [-0.1, -0.05) is 49.7 Å². The minimum atomic E-state index is 0.310. The zero-order valence-electron chi connectivity index (χ0n) is 13.7. The Balaban J connectivity index is 1.81. The van der Waals surface area contributed by atoms with Gasteiger partial charge in [0.25, 0.3) is 0 Å². The summed E-state index contributed by atoms with van der Waals surface area (Å²) >= 11 is 0. The van der Waals surface area contributed by atoms with Crippen molar-refractivity contribution in [2.75, 3.05) is 0 Å². The van der Waals surface area contributed by atoms with Gasteiger partial charge in [0, 0.05) is 12.4 Å². The zero-order chi connectivity index (χ0) is 16.6. The number of aromatic nitrogens is 2. The maximum Gasteiger partial charge on any atom is 0.321 e. The summed E-state index contributed by atoms with van der Waals surface area (Å²) in [6.45, 7) is 2.65. The van der Waals surface area contributed by atoms with Crippen molar-refractivity contribution in [2.24, 2.45) is 0 Å². The monoisotopic (exact) mass is 320 g/mol. The molecule has 0 spiro atoms. The van der Waals surface area contributed by atoms with Crippen molar-refractivity contribution in [3.63, 3.8) is 0 Å². The highest BCUT2D eigenvalue weighted by Gasteiger charge is 2.10. The molecule has 0 saturated carbocycles. The number of nitrogens with zero attached hydrogens (tertiary/aromatic N) is 2. The molecular formula is C20H20N2O2. The van der Waals surface area contributed by atoms with E-state index in [9.17, 15) is 0 Å². The third kappa shape index (κ3) is 4.32. The summed E-state index contributed by atoms with van der Waals surface area (Å²) in [5.74, 6) is 1.33. The molecule has 0 amide bonds. The summed E-state index contributed by atoms with van der Waals surface area (Å²) in [5, 5.41) is 0. The predicted octanol–water partition coefficient (Wildman–Crippen LogP) is 4.80. The number of hydrogen-bond donors (Lipinski definition) is 0. The van der Waals surface area contributed by atoms with Crippen LogP contribution in [0.1, 0.15) is 24.5 Å². The van der Waals surface area contributed by atoms with E-state index in [1.54, 1.807) is 18.5 Å². The SMILES string of the molecule is CCCc1ccc(Oc2ncccn2)c(OCc2ccccc2)c1. The Bertz CT molecular complexity index is 761. The van der Waals surface area contributed by atoms with Gasteiger partial charge in [0.05, 0.1) is 0 Å². The molecule has 0 saturated heterocycles. The molecule has 0 radical (unpaired) electrons. The molecule has 0 atom stereocenters. The molecule has 2 aromatic carbocycles. The van der Waals surface area contributed by atoms with Gasteiger partial charge in [0.2, 0.25) is 0 Å². The van der Waals surface area contributed by atoms with Crippen molar-refractivity contribution in [3.05, 3.63) is 78.1 Å². The number of ether oxygens (including phenoxy) is 2. The van der Waals surface area contributed by atoms with Gasteiger partial charge in [0.15, 0.2) is 11.5 Å². The van der Waals surface area contributed by atoms with E-state index in [4.69, 9.17) is 9.47 Å². The van der Waals surface area contributed by atoms with Crippen molar-refractivity contribution in [1.29, 1.82) is 0 Å². The van der Waals surface area contributed by atoms with Crippen molar-refractivity contribution in [1.82, 2.24) is 9.97 Å². The van der Waals surface area contributed by atoms with Crippen LogP contribution >= 0.6 is 0 Å². The van der Waals surface area contributed by atoms with E-state index in [1.165, 1.54) is 5.56 Å². The molecule has 0 bridgehead atoms. The Morgan fingerprint density at radius 2 is 1.62 bits per heavy atom. The smallest absolute Gasteiger partial charge is 0.321 e. The van der Waals surface area contributed by atoms with Crippen LogP contribution in [0.4, 0.5) is 0 Å². The highest BCUT2D eigenvalue weighted by Crippen LogP contribution is 2.32. The second kappa shape index (κ2) is 8.11. The Morgan fingerprint density at radius 1 is 0.833 bits per heavy atom. The molecule has 4 heteroatoms. The number of rotatable bonds is 7. The van der Waals surface area contributed by atoms with Gasteiger partial charge in [-0.25, -0.2) is 9.97 Å². The average Bonchev–Trinajstić information content (AvgIpc) is 2.64. The van der Waals surface area contributed by atoms with E-state index < -0.39 is 0 Å². The minimum absolute atomic E-state index is 0.310. The fourth-order valence-electron chi connectivity index (χ4n) is 2.37. The molecule has 3 aromatic rings. The van der Waals surface area contributed by atoms with Gasteiger partial charge in [-0.05, 0) is 35.7 Å². The van der Waals surface area contributed by atoms with E-state index in [2.05, 4.69) is 23.0 Å². The lowest BCUT2D eigenvalue weighted by atomic mass is 10.1. The van der Waals surface area contributed by atoms with Gasteiger partial charge >= 0.3 is 6.01 Å². The van der Waals surface area contributed by atoms with Crippen LogP contribution in [0.3, 0.4) is 0 Å². The van der Waals surface area contributed by atoms with Crippen molar-refractivity contribution >= 4 is 0 Å². The van der Waals surface area contributed by atoms with Crippen LogP contribution in [-0.4, -0.2) is 9.97 Å². The molecule has 24 heavy (non-hydrogen) atoms. The average molecular weight is 320 g/mol. The first kappa shape index (κ1) is 16.0. The Kier molecular flexibility index (Phi) is 5.40. The molecule has 4 nitrogen and oxygen atoms in total. The normalized spacial score (nSPS) is 10.4. The summed E-state index contributed by atoms with van der Waals surface area (Å²) in [6, 6.07) is 18.1. The molecule has 0 fully saturated rings. The summed E-state index contributed by atoms with van der Waals surface area (Å²) in [6.07, 6.45) is 5.39. The molecular weight excluding hydrogens is 300 g/mol. The Hall–Kier alpha value is -2.88. The highest BCUT2D eigenvalue weighted by molar-refractivity contribution is 5.44. The van der Waals surface area contributed by atoms with E-state index in [-0.39, 0.29) is 0 Å². The predicted molar refractivity (Wildman–Crippen MR) is 93.3 cm³/mol. The maximum atomic E-state index is 6.00. The van der Waals surface area contributed by atoms with Gasteiger partial charge in [0.1, 0.15) is 6.61 Å². The molecule has 0 N–H and O–H groups in total. The minimum Gasteiger partial charge on any atom is -0.485 e. The van der Waals surface area contributed by atoms with Gasteiger partial charge in [-0.2, -0.15) is 0 Å². The topological polar surface area (TPSA) is 44.2 Å². The van der Waals surface area contributed by atoms with Crippen LogP contribution < -0.4 is 9.47 Å². The number of hydrogen-bond acceptors (Lipinski definition) is 4. The van der Waals surface area contributed by atoms with Crippen LogP contribution in [0.2, 0.25) is 0 Å².